The number of methoxy groups -OCH3 is 1. The highest BCUT2D eigenvalue weighted by Gasteiger charge is 2.30. The highest BCUT2D eigenvalue weighted by atomic mass is 19.4. The van der Waals surface area contributed by atoms with Gasteiger partial charge in [0.2, 0.25) is 0 Å². The summed E-state index contributed by atoms with van der Waals surface area (Å²) in [6, 6.07) is 22.1. The maximum Gasteiger partial charge on any atom is 0.416 e. The Morgan fingerprint density at radius 3 is 2.13 bits per heavy atom. The van der Waals surface area contributed by atoms with Gasteiger partial charge in [-0.25, -0.2) is 4.79 Å². The fourth-order valence-corrected chi connectivity index (χ4v) is 4.13. The summed E-state index contributed by atoms with van der Waals surface area (Å²) < 4.78 is 44.1. The van der Waals surface area contributed by atoms with E-state index in [-0.39, 0.29) is 17.7 Å². The van der Waals surface area contributed by atoms with Crippen LogP contribution in [0.3, 0.4) is 0 Å². The first-order valence-electron chi connectivity index (χ1n) is 11.9. The number of halogens is 3. The number of hydrogen-bond acceptors (Lipinski definition) is 5. The Hall–Kier alpha value is -4.79. The van der Waals surface area contributed by atoms with Crippen LogP contribution in [-0.4, -0.2) is 30.1 Å². The topological polar surface area (TPSA) is 102 Å². The molecule has 0 heterocycles. The molecule has 9 heteroatoms. The number of esters is 1. The third-order valence-corrected chi connectivity index (χ3v) is 6.17. The minimum atomic E-state index is -4.45. The Bertz CT molecular complexity index is 1500. The monoisotopic (exact) mass is 534 g/mol. The van der Waals surface area contributed by atoms with Crippen molar-refractivity contribution in [2.24, 2.45) is 0 Å². The molecule has 0 aromatic heterocycles. The first kappa shape index (κ1) is 27.3. The van der Waals surface area contributed by atoms with Gasteiger partial charge in [0.25, 0.3) is 5.91 Å². The van der Waals surface area contributed by atoms with Crippen LogP contribution in [0.1, 0.15) is 21.5 Å². The highest BCUT2D eigenvalue weighted by Crippen LogP contribution is 2.32. The third-order valence-electron chi connectivity index (χ3n) is 6.17. The number of benzene rings is 4. The van der Waals surface area contributed by atoms with Gasteiger partial charge in [0.05, 0.1) is 18.2 Å². The smallest absolute Gasteiger partial charge is 0.416 e. The number of rotatable bonds is 7. The fraction of sp³-hybridized carbons (Fsp3) is 0.133. The molecule has 4 aromatic rings. The SMILES string of the molecule is COC(=O)[C@H](Cc1ccc(-c2cccc(C(F)(F)F)c2)cc1)NC(=O)c1cc(-c2cccc(N)c2)ccc1O. The number of anilines is 1. The van der Waals surface area contributed by atoms with Gasteiger partial charge in [-0.2, -0.15) is 13.2 Å². The van der Waals surface area contributed by atoms with E-state index in [1.807, 2.05) is 6.07 Å². The van der Waals surface area contributed by atoms with Crippen LogP contribution >= 0.6 is 0 Å². The second kappa shape index (κ2) is 11.3. The van der Waals surface area contributed by atoms with E-state index in [1.54, 1.807) is 54.6 Å². The van der Waals surface area contributed by atoms with Crippen LogP contribution in [0.25, 0.3) is 22.3 Å². The summed E-state index contributed by atoms with van der Waals surface area (Å²) in [5.74, 6) is -1.65. The molecule has 6 nitrogen and oxygen atoms in total. The molecule has 0 saturated heterocycles. The highest BCUT2D eigenvalue weighted by molar-refractivity contribution is 6.00. The van der Waals surface area contributed by atoms with Gasteiger partial charge in [-0.05, 0) is 64.2 Å². The number of phenolic OH excluding ortho intramolecular Hbond substituents is 1. The molecule has 0 saturated carbocycles. The Labute approximate surface area is 222 Å². The molecule has 4 N–H and O–H groups in total. The average Bonchev–Trinajstić information content (AvgIpc) is 2.92. The Morgan fingerprint density at radius 1 is 0.872 bits per heavy atom. The molecule has 0 aliphatic rings. The van der Waals surface area contributed by atoms with Crippen molar-refractivity contribution < 1.29 is 32.6 Å². The zero-order chi connectivity index (χ0) is 28.2. The van der Waals surface area contributed by atoms with Crippen molar-refractivity contribution in [3.05, 3.63) is 108 Å². The molecule has 4 aromatic carbocycles. The molecule has 0 bridgehead atoms. The van der Waals surface area contributed by atoms with E-state index in [1.165, 1.54) is 25.3 Å². The molecule has 0 radical (unpaired) electrons. The number of phenols is 1. The number of nitrogen functional groups attached to an aromatic ring is 1. The number of nitrogens with one attached hydrogen (secondary N) is 1. The van der Waals surface area contributed by atoms with E-state index in [0.717, 1.165) is 17.7 Å². The lowest BCUT2D eigenvalue weighted by molar-refractivity contribution is -0.143. The van der Waals surface area contributed by atoms with Gasteiger partial charge in [-0.3, -0.25) is 4.79 Å². The molecule has 0 unspecified atom stereocenters. The van der Waals surface area contributed by atoms with Gasteiger partial charge in [-0.15, -0.1) is 0 Å². The van der Waals surface area contributed by atoms with Crippen LogP contribution in [0.15, 0.2) is 91.0 Å². The molecule has 39 heavy (non-hydrogen) atoms. The lowest BCUT2D eigenvalue weighted by atomic mass is 9.98. The van der Waals surface area contributed by atoms with Gasteiger partial charge in [-0.1, -0.05) is 54.6 Å². The van der Waals surface area contributed by atoms with Crippen molar-refractivity contribution >= 4 is 17.6 Å². The summed E-state index contributed by atoms with van der Waals surface area (Å²) in [5, 5.41) is 13.0. The van der Waals surface area contributed by atoms with Crippen molar-refractivity contribution in [1.82, 2.24) is 5.32 Å². The lowest BCUT2D eigenvalue weighted by Crippen LogP contribution is -2.43. The minimum Gasteiger partial charge on any atom is -0.507 e. The van der Waals surface area contributed by atoms with Crippen molar-refractivity contribution in [3.63, 3.8) is 0 Å². The summed E-state index contributed by atoms with van der Waals surface area (Å²) in [4.78, 5) is 25.6. The van der Waals surface area contributed by atoms with Crippen LogP contribution in [0.5, 0.6) is 5.75 Å². The number of ether oxygens (including phenoxy) is 1. The Kier molecular flexibility index (Phi) is 7.90. The summed E-state index contributed by atoms with van der Waals surface area (Å²) in [6.07, 6.45) is -4.40. The molecule has 1 amide bonds. The predicted octanol–water partition coefficient (Wildman–Crippen LogP) is 5.84. The van der Waals surface area contributed by atoms with Crippen molar-refractivity contribution in [2.45, 2.75) is 18.6 Å². The summed E-state index contributed by atoms with van der Waals surface area (Å²) >= 11 is 0. The van der Waals surface area contributed by atoms with Gasteiger partial charge in [0, 0.05) is 12.1 Å². The lowest BCUT2D eigenvalue weighted by Gasteiger charge is -2.18. The standard InChI is InChI=1S/C30H25F3N2O4/c1-39-29(38)26(14-18-8-10-19(11-9-18)20-4-2-6-23(15-20)30(31,32)33)35-28(37)25-17-22(12-13-27(25)36)21-5-3-7-24(34)16-21/h2-13,15-17,26,36H,14,34H2,1H3,(H,35,37)/t26-/m0/s1. The van der Waals surface area contributed by atoms with Gasteiger partial charge < -0.3 is 20.9 Å². The summed E-state index contributed by atoms with van der Waals surface area (Å²) in [6.45, 7) is 0. The number of hydrogen-bond donors (Lipinski definition) is 3. The van der Waals surface area contributed by atoms with Crippen molar-refractivity contribution in [3.8, 4) is 28.0 Å². The normalized spacial score (nSPS) is 12.0. The van der Waals surface area contributed by atoms with E-state index in [4.69, 9.17) is 10.5 Å². The zero-order valence-electron chi connectivity index (χ0n) is 20.8. The number of nitrogens with two attached hydrogens (primary N) is 1. The quantitative estimate of drug-likeness (QED) is 0.204. The van der Waals surface area contributed by atoms with Crippen molar-refractivity contribution in [1.29, 1.82) is 0 Å². The zero-order valence-corrected chi connectivity index (χ0v) is 20.8. The van der Waals surface area contributed by atoms with E-state index in [0.29, 0.717) is 27.9 Å². The number of alkyl halides is 3. The number of aromatic hydroxyl groups is 1. The van der Waals surface area contributed by atoms with Crippen LogP contribution in [0.4, 0.5) is 18.9 Å². The van der Waals surface area contributed by atoms with E-state index in [2.05, 4.69) is 5.32 Å². The van der Waals surface area contributed by atoms with Crippen LogP contribution < -0.4 is 11.1 Å². The van der Waals surface area contributed by atoms with Crippen LogP contribution in [0.2, 0.25) is 0 Å². The molecule has 0 aliphatic heterocycles. The van der Waals surface area contributed by atoms with Gasteiger partial charge in [0.15, 0.2) is 0 Å². The number of amides is 1. The fourth-order valence-electron chi connectivity index (χ4n) is 4.13. The van der Waals surface area contributed by atoms with Crippen molar-refractivity contribution in [2.75, 3.05) is 12.8 Å². The molecule has 0 fully saturated rings. The minimum absolute atomic E-state index is 0.0382. The Morgan fingerprint density at radius 2 is 1.49 bits per heavy atom. The van der Waals surface area contributed by atoms with E-state index >= 15 is 0 Å². The molecule has 0 spiro atoms. The largest absolute Gasteiger partial charge is 0.507 e. The van der Waals surface area contributed by atoms with E-state index in [9.17, 15) is 27.9 Å². The van der Waals surface area contributed by atoms with Gasteiger partial charge in [0.1, 0.15) is 11.8 Å². The molecule has 4 rings (SSSR count). The first-order chi connectivity index (χ1) is 18.5. The summed E-state index contributed by atoms with van der Waals surface area (Å²) in [7, 11) is 1.19. The average molecular weight is 535 g/mol. The molecular formula is C30H25F3N2O4. The van der Waals surface area contributed by atoms with Gasteiger partial charge >= 0.3 is 12.1 Å². The van der Waals surface area contributed by atoms with Crippen LogP contribution in [-0.2, 0) is 22.1 Å². The second-order valence-electron chi connectivity index (χ2n) is 8.89. The molecular weight excluding hydrogens is 509 g/mol. The molecule has 1 atom stereocenters. The Balaban J connectivity index is 1.53. The first-order valence-corrected chi connectivity index (χ1v) is 11.9. The maximum absolute atomic E-state index is 13.1. The predicted molar refractivity (Wildman–Crippen MR) is 142 cm³/mol. The summed E-state index contributed by atoms with van der Waals surface area (Å²) in [5.41, 5.74) is 8.58. The van der Waals surface area contributed by atoms with Crippen LogP contribution in [0, 0.1) is 0 Å². The second-order valence-corrected chi connectivity index (χ2v) is 8.89. The molecule has 200 valence electrons. The molecule has 0 aliphatic carbocycles. The third kappa shape index (κ3) is 6.56. The maximum atomic E-state index is 13.1. The number of carbonyl (C=O) groups is 2. The van der Waals surface area contributed by atoms with E-state index < -0.39 is 29.7 Å². The number of carbonyl (C=O) groups excluding carboxylic acids is 2.